The number of ether oxygens (including phenoxy) is 1. The van der Waals surface area contributed by atoms with Crippen molar-refractivity contribution in [2.75, 3.05) is 6.61 Å². The first-order valence-corrected chi connectivity index (χ1v) is 8.15. The Bertz CT molecular complexity index is 954. The maximum atomic E-state index is 12.2. The molecule has 0 spiro atoms. The van der Waals surface area contributed by atoms with Crippen molar-refractivity contribution in [1.82, 2.24) is 0 Å². The third kappa shape index (κ3) is 4.36. The number of carboxylic acids is 1. The van der Waals surface area contributed by atoms with Crippen molar-refractivity contribution >= 4 is 44.7 Å². The predicted molar refractivity (Wildman–Crippen MR) is 94.2 cm³/mol. The Hall–Kier alpha value is -2.86. The molecule has 0 unspecified atom stereocenters. The molecule has 1 aromatic heterocycles. The van der Waals surface area contributed by atoms with Crippen LogP contribution in [-0.2, 0) is 4.79 Å². The summed E-state index contributed by atoms with van der Waals surface area (Å²) in [4.78, 5) is 22.6. The third-order valence-corrected chi connectivity index (χ3v) is 3.88. The molecular formula is C19H12BrO5-. The lowest BCUT2D eigenvalue weighted by Gasteiger charge is -2.06. The number of carboxylic acid groups (broad SMARTS) is 1. The van der Waals surface area contributed by atoms with Gasteiger partial charge in [-0.25, -0.2) is 0 Å². The summed E-state index contributed by atoms with van der Waals surface area (Å²) in [5.41, 5.74) is 1.42. The number of hydrogen-bond acceptors (Lipinski definition) is 5. The second kappa shape index (κ2) is 7.36. The maximum Gasteiger partial charge on any atom is 0.221 e. The number of halogens is 1. The van der Waals surface area contributed by atoms with Crippen molar-refractivity contribution in [1.29, 1.82) is 0 Å². The maximum absolute atomic E-state index is 12.2. The third-order valence-electron chi connectivity index (χ3n) is 3.39. The molecule has 0 bridgehead atoms. The number of fused-ring (bicyclic) bond motifs is 1. The van der Waals surface area contributed by atoms with Crippen LogP contribution in [0, 0.1) is 0 Å². The fraction of sp³-hybridized carbons (Fsp3) is 0.0526. The number of benzene rings is 2. The van der Waals surface area contributed by atoms with Crippen molar-refractivity contribution in [3.05, 3.63) is 70.4 Å². The van der Waals surface area contributed by atoms with E-state index in [1.54, 1.807) is 42.5 Å². The van der Waals surface area contributed by atoms with Gasteiger partial charge in [0.1, 0.15) is 17.9 Å². The van der Waals surface area contributed by atoms with Crippen molar-refractivity contribution in [3.63, 3.8) is 0 Å². The molecule has 126 valence electrons. The normalized spacial score (nSPS) is 11.1. The molecule has 0 aliphatic rings. The summed E-state index contributed by atoms with van der Waals surface area (Å²) in [5.74, 6) is -0.856. The molecule has 1 heterocycles. The van der Waals surface area contributed by atoms with E-state index >= 15 is 0 Å². The highest BCUT2D eigenvalue weighted by atomic mass is 79.9. The standard InChI is InChI=1S/C19H13BrO5/c20-14-4-8-17-13(9-14)10-18(25-17)16(21)7-3-12-1-5-15(6-2-12)24-11-19(22)23/h1-10H,11H2,(H,22,23)/p-1/b7-3+. The van der Waals surface area contributed by atoms with Gasteiger partial charge in [0.25, 0.3) is 0 Å². The van der Waals surface area contributed by atoms with E-state index < -0.39 is 12.6 Å². The highest BCUT2D eigenvalue weighted by Gasteiger charge is 2.09. The number of allylic oxidation sites excluding steroid dienone is 1. The monoisotopic (exact) mass is 399 g/mol. The minimum Gasteiger partial charge on any atom is -0.546 e. The molecule has 0 saturated heterocycles. The van der Waals surface area contributed by atoms with Crippen molar-refractivity contribution in [2.45, 2.75) is 0 Å². The molecule has 3 rings (SSSR count). The van der Waals surface area contributed by atoms with Gasteiger partial charge in [-0.1, -0.05) is 34.1 Å². The van der Waals surface area contributed by atoms with Crippen LogP contribution in [0.25, 0.3) is 17.0 Å². The van der Waals surface area contributed by atoms with Gasteiger partial charge in [-0.2, -0.15) is 0 Å². The summed E-state index contributed by atoms with van der Waals surface area (Å²) in [6.07, 6.45) is 3.07. The largest absolute Gasteiger partial charge is 0.546 e. The number of hydrogen-bond donors (Lipinski definition) is 0. The Morgan fingerprint density at radius 3 is 2.60 bits per heavy atom. The molecule has 0 aliphatic carbocycles. The summed E-state index contributed by atoms with van der Waals surface area (Å²) in [6.45, 7) is -0.504. The van der Waals surface area contributed by atoms with Gasteiger partial charge < -0.3 is 19.1 Å². The number of carbonyl (C=O) groups excluding carboxylic acids is 2. The van der Waals surface area contributed by atoms with Crippen LogP contribution in [0.1, 0.15) is 16.1 Å². The minimum atomic E-state index is -1.28. The lowest BCUT2D eigenvalue weighted by molar-refractivity contribution is -0.307. The molecule has 0 saturated carbocycles. The zero-order valence-electron chi connectivity index (χ0n) is 12.9. The number of rotatable bonds is 6. The fourth-order valence-electron chi connectivity index (χ4n) is 2.21. The van der Waals surface area contributed by atoms with Crippen LogP contribution < -0.4 is 9.84 Å². The van der Waals surface area contributed by atoms with Crippen molar-refractivity contribution in [3.8, 4) is 5.75 Å². The van der Waals surface area contributed by atoms with E-state index in [2.05, 4.69) is 15.9 Å². The topological polar surface area (TPSA) is 79.6 Å². The summed E-state index contributed by atoms with van der Waals surface area (Å²) in [6, 6.07) is 13.9. The molecule has 0 fully saturated rings. The Labute approximate surface area is 151 Å². The molecule has 2 aromatic carbocycles. The Morgan fingerprint density at radius 2 is 1.88 bits per heavy atom. The number of carbonyl (C=O) groups is 2. The lowest BCUT2D eigenvalue weighted by atomic mass is 10.1. The van der Waals surface area contributed by atoms with Gasteiger partial charge in [0.05, 0.1) is 5.97 Å². The average molecular weight is 400 g/mol. The Kier molecular flexibility index (Phi) is 5.00. The van der Waals surface area contributed by atoms with Gasteiger partial charge in [0.2, 0.25) is 5.78 Å². The van der Waals surface area contributed by atoms with E-state index in [0.29, 0.717) is 11.3 Å². The number of aliphatic carboxylic acids is 1. The second-order valence-electron chi connectivity index (χ2n) is 5.22. The van der Waals surface area contributed by atoms with Crippen LogP contribution in [-0.4, -0.2) is 18.4 Å². The van der Waals surface area contributed by atoms with Crippen LogP contribution in [0.3, 0.4) is 0 Å². The van der Waals surface area contributed by atoms with Crippen LogP contribution in [0.15, 0.2) is 63.5 Å². The smallest absolute Gasteiger partial charge is 0.221 e. The average Bonchev–Trinajstić information content (AvgIpc) is 3.02. The number of furan rings is 1. The van der Waals surface area contributed by atoms with E-state index in [0.717, 1.165) is 15.4 Å². The number of ketones is 1. The zero-order valence-corrected chi connectivity index (χ0v) is 14.5. The molecular weight excluding hydrogens is 388 g/mol. The van der Waals surface area contributed by atoms with Gasteiger partial charge in [-0.3, -0.25) is 4.79 Å². The molecule has 3 aromatic rings. The summed E-state index contributed by atoms with van der Waals surface area (Å²) in [7, 11) is 0. The van der Waals surface area contributed by atoms with E-state index in [1.165, 1.54) is 6.08 Å². The van der Waals surface area contributed by atoms with Gasteiger partial charge in [-0.15, -0.1) is 0 Å². The highest BCUT2D eigenvalue weighted by Crippen LogP contribution is 2.24. The van der Waals surface area contributed by atoms with E-state index in [9.17, 15) is 14.7 Å². The molecule has 0 aliphatic heterocycles. The summed E-state index contributed by atoms with van der Waals surface area (Å²) >= 11 is 3.38. The predicted octanol–water partition coefficient (Wildman–Crippen LogP) is 3.22. The Morgan fingerprint density at radius 1 is 1.12 bits per heavy atom. The molecule has 5 nitrogen and oxygen atoms in total. The quantitative estimate of drug-likeness (QED) is 0.469. The van der Waals surface area contributed by atoms with Gasteiger partial charge >= 0.3 is 0 Å². The summed E-state index contributed by atoms with van der Waals surface area (Å²) in [5, 5.41) is 11.2. The molecule has 0 N–H and O–H groups in total. The minimum absolute atomic E-state index is 0.246. The van der Waals surface area contributed by atoms with E-state index in [1.807, 2.05) is 12.1 Å². The fourth-order valence-corrected chi connectivity index (χ4v) is 2.59. The van der Waals surface area contributed by atoms with Crippen LogP contribution >= 0.6 is 15.9 Å². The molecule has 25 heavy (non-hydrogen) atoms. The van der Waals surface area contributed by atoms with Crippen LogP contribution in [0.2, 0.25) is 0 Å². The van der Waals surface area contributed by atoms with Crippen molar-refractivity contribution < 1.29 is 23.8 Å². The molecule has 0 amide bonds. The van der Waals surface area contributed by atoms with Crippen LogP contribution in [0.4, 0.5) is 0 Å². The highest BCUT2D eigenvalue weighted by molar-refractivity contribution is 9.10. The van der Waals surface area contributed by atoms with E-state index in [-0.39, 0.29) is 11.5 Å². The first-order chi connectivity index (χ1) is 12.0. The SMILES string of the molecule is O=C([O-])COc1ccc(/C=C/C(=O)c2cc3cc(Br)ccc3o2)cc1. The summed E-state index contributed by atoms with van der Waals surface area (Å²) < 4.78 is 11.4. The molecule has 0 atom stereocenters. The molecule has 6 heteroatoms. The van der Waals surface area contributed by atoms with Crippen LogP contribution in [0.5, 0.6) is 5.75 Å². The van der Waals surface area contributed by atoms with Crippen molar-refractivity contribution in [2.24, 2.45) is 0 Å². The Balaban J connectivity index is 1.69. The second-order valence-corrected chi connectivity index (χ2v) is 6.14. The molecule has 0 radical (unpaired) electrons. The van der Waals surface area contributed by atoms with Gasteiger partial charge in [0, 0.05) is 9.86 Å². The van der Waals surface area contributed by atoms with E-state index in [4.69, 9.17) is 9.15 Å². The zero-order chi connectivity index (χ0) is 17.8. The first-order valence-electron chi connectivity index (χ1n) is 7.35. The first kappa shape index (κ1) is 17.0. The van der Waals surface area contributed by atoms with Gasteiger partial charge in [0.15, 0.2) is 5.76 Å². The lowest BCUT2D eigenvalue weighted by Crippen LogP contribution is -2.28. The van der Waals surface area contributed by atoms with Gasteiger partial charge in [-0.05, 0) is 48.0 Å².